The van der Waals surface area contributed by atoms with Crippen LogP contribution >= 0.6 is 0 Å². The Morgan fingerprint density at radius 1 is 1.39 bits per heavy atom. The summed E-state index contributed by atoms with van der Waals surface area (Å²) in [7, 11) is 0. The summed E-state index contributed by atoms with van der Waals surface area (Å²) in [5.41, 5.74) is 4.38. The number of carbonyl (C=O) groups is 1. The van der Waals surface area contributed by atoms with Gasteiger partial charge in [0.2, 0.25) is 0 Å². The number of hydrogen-bond donors (Lipinski definition) is 2. The van der Waals surface area contributed by atoms with Gasteiger partial charge >= 0.3 is 0 Å². The molecule has 2 N–H and O–H groups in total. The molecule has 0 radical (unpaired) electrons. The van der Waals surface area contributed by atoms with Crippen LogP contribution in [-0.2, 0) is 6.42 Å². The molecular formula is C14H17N3O. The first-order chi connectivity index (χ1) is 8.61. The predicted octanol–water partition coefficient (Wildman–Crippen LogP) is 2.84. The maximum atomic E-state index is 12.1. The molecule has 0 aliphatic heterocycles. The molecule has 0 spiro atoms. The second-order valence-electron chi connectivity index (χ2n) is 4.35. The fourth-order valence-electron chi connectivity index (χ4n) is 1.91. The van der Waals surface area contributed by atoms with Crippen molar-refractivity contribution in [1.29, 1.82) is 0 Å². The SMILES string of the molecule is CCc1cccc(C)c1NC(=O)c1cc(C)[nH]n1. The molecule has 4 heteroatoms. The summed E-state index contributed by atoms with van der Waals surface area (Å²) in [4.78, 5) is 12.1. The van der Waals surface area contributed by atoms with E-state index >= 15 is 0 Å². The standard InChI is InChI=1S/C14H17N3O/c1-4-11-7-5-6-9(2)13(11)15-14(18)12-8-10(3)16-17-12/h5-8H,4H2,1-3H3,(H,15,18)(H,16,17). The molecule has 0 saturated carbocycles. The van der Waals surface area contributed by atoms with E-state index in [1.807, 2.05) is 32.0 Å². The van der Waals surface area contributed by atoms with Crippen LogP contribution in [0.25, 0.3) is 0 Å². The summed E-state index contributed by atoms with van der Waals surface area (Å²) in [5, 5.41) is 9.67. The number of carbonyl (C=O) groups excluding carboxylic acids is 1. The van der Waals surface area contributed by atoms with E-state index in [9.17, 15) is 4.79 Å². The average Bonchev–Trinajstić information content (AvgIpc) is 2.78. The highest BCUT2D eigenvalue weighted by molar-refractivity contribution is 6.03. The highest BCUT2D eigenvalue weighted by Crippen LogP contribution is 2.21. The van der Waals surface area contributed by atoms with Crippen LogP contribution in [0, 0.1) is 13.8 Å². The van der Waals surface area contributed by atoms with Crippen molar-refractivity contribution in [2.75, 3.05) is 5.32 Å². The van der Waals surface area contributed by atoms with Gasteiger partial charge in [0.15, 0.2) is 5.69 Å². The van der Waals surface area contributed by atoms with E-state index in [1.165, 1.54) is 0 Å². The number of para-hydroxylation sites is 1. The molecule has 4 nitrogen and oxygen atoms in total. The Hall–Kier alpha value is -2.10. The average molecular weight is 243 g/mol. The summed E-state index contributed by atoms with van der Waals surface area (Å²) in [6, 6.07) is 7.75. The zero-order valence-corrected chi connectivity index (χ0v) is 10.9. The molecule has 1 aromatic carbocycles. The Labute approximate surface area is 106 Å². The molecule has 0 saturated heterocycles. The van der Waals surface area contributed by atoms with Crippen LogP contribution in [0.15, 0.2) is 24.3 Å². The third-order valence-electron chi connectivity index (χ3n) is 2.92. The lowest BCUT2D eigenvalue weighted by atomic mass is 10.1. The summed E-state index contributed by atoms with van der Waals surface area (Å²) < 4.78 is 0. The van der Waals surface area contributed by atoms with Gasteiger partial charge in [-0.2, -0.15) is 5.10 Å². The molecule has 2 rings (SSSR count). The number of anilines is 1. The van der Waals surface area contributed by atoms with E-state index < -0.39 is 0 Å². The number of aromatic amines is 1. The van der Waals surface area contributed by atoms with Crippen molar-refractivity contribution in [3.05, 3.63) is 46.8 Å². The van der Waals surface area contributed by atoms with Crippen molar-refractivity contribution in [3.63, 3.8) is 0 Å². The van der Waals surface area contributed by atoms with Crippen LogP contribution in [0.5, 0.6) is 0 Å². The van der Waals surface area contributed by atoms with E-state index in [0.29, 0.717) is 5.69 Å². The van der Waals surface area contributed by atoms with Gasteiger partial charge in [-0.3, -0.25) is 9.89 Å². The molecule has 0 unspecified atom stereocenters. The van der Waals surface area contributed by atoms with Crippen LogP contribution in [0.2, 0.25) is 0 Å². The van der Waals surface area contributed by atoms with E-state index in [4.69, 9.17) is 0 Å². The van der Waals surface area contributed by atoms with Crippen molar-refractivity contribution in [1.82, 2.24) is 10.2 Å². The summed E-state index contributed by atoms with van der Waals surface area (Å²) in [5.74, 6) is -0.177. The molecule has 1 amide bonds. The maximum Gasteiger partial charge on any atom is 0.276 e. The smallest absolute Gasteiger partial charge is 0.276 e. The number of aryl methyl sites for hydroxylation is 3. The Morgan fingerprint density at radius 3 is 2.78 bits per heavy atom. The van der Waals surface area contributed by atoms with E-state index in [0.717, 1.165) is 28.9 Å². The van der Waals surface area contributed by atoms with Crippen molar-refractivity contribution in [2.45, 2.75) is 27.2 Å². The lowest BCUT2D eigenvalue weighted by Crippen LogP contribution is -2.14. The second-order valence-corrected chi connectivity index (χ2v) is 4.35. The lowest BCUT2D eigenvalue weighted by molar-refractivity contribution is 0.102. The number of hydrogen-bond acceptors (Lipinski definition) is 2. The van der Waals surface area contributed by atoms with E-state index in [2.05, 4.69) is 22.4 Å². The van der Waals surface area contributed by atoms with Crippen LogP contribution in [0.3, 0.4) is 0 Å². The molecule has 0 aliphatic rings. The number of benzene rings is 1. The van der Waals surface area contributed by atoms with Gasteiger partial charge in [-0.05, 0) is 37.5 Å². The number of nitrogens with zero attached hydrogens (tertiary/aromatic N) is 1. The minimum Gasteiger partial charge on any atom is -0.320 e. The van der Waals surface area contributed by atoms with Gasteiger partial charge in [0.05, 0.1) is 0 Å². The molecule has 1 aromatic heterocycles. The lowest BCUT2D eigenvalue weighted by Gasteiger charge is -2.11. The van der Waals surface area contributed by atoms with Gasteiger partial charge in [0.25, 0.3) is 5.91 Å². The zero-order valence-electron chi connectivity index (χ0n) is 10.9. The predicted molar refractivity (Wildman–Crippen MR) is 71.8 cm³/mol. The molecule has 0 fully saturated rings. The van der Waals surface area contributed by atoms with Crippen molar-refractivity contribution in [3.8, 4) is 0 Å². The first-order valence-electron chi connectivity index (χ1n) is 6.03. The first kappa shape index (κ1) is 12.4. The number of rotatable bonds is 3. The Morgan fingerprint density at radius 2 is 2.17 bits per heavy atom. The summed E-state index contributed by atoms with van der Waals surface area (Å²) >= 11 is 0. The third-order valence-corrected chi connectivity index (χ3v) is 2.92. The maximum absolute atomic E-state index is 12.1. The fourth-order valence-corrected chi connectivity index (χ4v) is 1.91. The molecule has 0 aliphatic carbocycles. The van der Waals surface area contributed by atoms with Gasteiger partial charge in [0, 0.05) is 11.4 Å². The summed E-state index contributed by atoms with van der Waals surface area (Å²) in [6.07, 6.45) is 0.886. The van der Waals surface area contributed by atoms with Crippen molar-refractivity contribution < 1.29 is 4.79 Å². The largest absolute Gasteiger partial charge is 0.320 e. The fraction of sp³-hybridized carbons (Fsp3) is 0.286. The van der Waals surface area contributed by atoms with Crippen LogP contribution < -0.4 is 5.32 Å². The molecule has 1 heterocycles. The molecule has 18 heavy (non-hydrogen) atoms. The summed E-state index contributed by atoms with van der Waals surface area (Å²) in [6.45, 7) is 5.93. The Kier molecular flexibility index (Phi) is 3.46. The van der Waals surface area contributed by atoms with Crippen LogP contribution in [0.4, 0.5) is 5.69 Å². The first-order valence-corrected chi connectivity index (χ1v) is 6.03. The van der Waals surface area contributed by atoms with Crippen LogP contribution in [0.1, 0.15) is 34.2 Å². The number of H-pyrrole nitrogens is 1. The number of nitrogens with one attached hydrogen (secondary N) is 2. The number of aromatic nitrogens is 2. The molecule has 0 bridgehead atoms. The Balaban J connectivity index is 2.26. The molecule has 2 aromatic rings. The molecular weight excluding hydrogens is 226 g/mol. The molecule has 94 valence electrons. The van der Waals surface area contributed by atoms with Gasteiger partial charge in [-0.25, -0.2) is 0 Å². The minimum atomic E-state index is -0.177. The number of amides is 1. The van der Waals surface area contributed by atoms with Gasteiger partial charge in [-0.15, -0.1) is 0 Å². The highest BCUT2D eigenvalue weighted by atomic mass is 16.1. The van der Waals surface area contributed by atoms with Crippen LogP contribution in [-0.4, -0.2) is 16.1 Å². The topological polar surface area (TPSA) is 57.8 Å². The highest BCUT2D eigenvalue weighted by Gasteiger charge is 2.12. The third kappa shape index (κ3) is 2.42. The Bertz CT molecular complexity index is 572. The van der Waals surface area contributed by atoms with E-state index in [1.54, 1.807) is 6.07 Å². The monoisotopic (exact) mass is 243 g/mol. The second kappa shape index (κ2) is 5.04. The zero-order chi connectivity index (χ0) is 13.1. The minimum absolute atomic E-state index is 0.177. The van der Waals surface area contributed by atoms with Crippen molar-refractivity contribution >= 4 is 11.6 Å². The molecule has 0 atom stereocenters. The van der Waals surface area contributed by atoms with Gasteiger partial charge < -0.3 is 5.32 Å². The normalized spacial score (nSPS) is 10.4. The van der Waals surface area contributed by atoms with Crippen molar-refractivity contribution in [2.24, 2.45) is 0 Å². The van der Waals surface area contributed by atoms with Gasteiger partial charge in [0.1, 0.15) is 0 Å². The van der Waals surface area contributed by atoms with E-state index in [-0.39, 0.29) is 5.91 Å². The van der Waals surface area contributed by atoms with Gasteiger partial charge in [-0.1, -0.05) is 25.1 Å². The quantitative estimate of drug-likeness (QED) is 0.870.